The number of carboxylic acids is 1. The molecule has 2 atom stereocenters. The van der Waals surface area contributed by atoms with Crippen LogP contribution in [0.2, 0.25) is 10.0 Å². The van der Waals surface area contributed by atoms with E-state index in [-0.39, 0.29) is 29.2 Å². The van der Waals surface area contributed by atoms with Crippen LogP contribution in [0.5, 0.6) is 0 Å². The predicted octanol–water partition coefficient (Wildman–Crippen LogP) is 3.91. The number of hydrogen-bond donors (Lipinski definition) is 2. The molecule has 3 rings (SSSR count). The van der Waals surface area contributed by atoms with Gasteiger partial charge in [-0.15, -0.1) is 0 Å². The monoisotopic (exact) mass is 546 g/mol. The average molecular weight is 547 g/mol. The number of unbranched alkanes of at least 4 members (excludes halogenated alkanes) is 1. The van der Waals surface area contributed by atoms with Crippen LogP contribution < -0.4 is 4.72 Å². The first kappa shape index (κ1) is 26.7. The molecule has 0 aromatic heterocycles. The van der Waals surface area contributed by atoms with Crippen molar-refractivity contribution >= 4 is 49.2 Å². The molecule has 0 spiro atoms. The largest absolute Gasteiger partial charge is 0.481 e. The summed E-state index contributed by atoms with van der Waals surface area (Å²) in [7, 11) is -7.84. The highest BCUT2D eigenvalue weighted by Gasteiger charge is 2.40. The molecule has 1 saturated heterocycles. The van der Waals surface area contributed by atoms with Crippen molar-refractivity contribution in [3.05, 3.63) is 70.7 Å². The van der Waals surface area contributed by atoms with Gasteiger partial charge in [0.25, 0.3) is 0 Å². The molecule has 1 heterocycles. The quantitative estimate of drug-likeness (QED) is 0.344. The summed E-state index contributed by atoms with van der Waals surface area (Å²) in [5, 5.41) is 9.57. The number of hydrogen-bond acceptors (Lipinski definition) is 5. The second kappa shape index (κ2) is 11.2. The van der Waals surface area contributed by atoms with E-state index < -0.39 is 38.1 Å². The van der Waals surface area contributed by atoms with Gasteiger partial charge in [-0.05, 0) is 67.8 Å². The number of allylic oxidation sites excluding steroid dienone is 1. The van der Waals surface area contributed by atoms with E-state index in [0.29, 0.717) is 22.9 Å². The molecule has 0 aliphatic carbocycles. The topological polar surface area (TPSA) is 121 Å². The van der Waals surface area contributed by atoms with Gasteiger partial charge in [0.2, 0.25) is 20.0 Å². The van der Waals surface area contributed by atoms with E-state index in [1.807, 2.05) is 0 Å². The maximum atomic E-state index is 13.3. The Balaban J connectivity index is 1.82. The van der Waals surface area contributed by atoms with E-state index >= 15 is 0 Å². The first-order valence-electron chi connectivity index (χ1n) is 10.4. The number of carboxylic acid groups (broad SMARTS) is 1. The van der Waals surface area contributed by atoms with Crippen LogP contribution in [0, 0.1) is 0 Å². The van der Waals surface area contributed by atoms with Crippen molar-refractivity contribution in [2.45, 2.75) is 47.6 Å². The van der Waals surface area contributed by atoms with Gasteiger partial charge in [0.1, 0.15) is 0 Å². The van der Waals surface area contributed by atoms with E-state index in [0.717, 1.165) is 0 Å². The van der Waals surface area contributed by atoms with Crippen LogP contribution in [-0.4, -0.2) is 50.8 Å². The second-order valence-electron chi connectivity index (χ2n) is 7.82. The normalized spacial score (nSPS) is 19.6. The van der Waals surface area contributed by atoms with E-state index in [1.165, 1.54) is 52.8 Å². The maximum absolute atomic E-state index is 13.3. The molecule has 2 N–H and O–H groups in total. The molecule has 2 aromatic carbocycles. The van der Waals surface area contributed by atoms with Crippen LogP contribution in [0.25, 0.3) is 0 Å². The number of sulfonamides is 2. The third kappa shape index (κ3) is 6.80. The number of rotatable bonds is 10. The molecule has 8 nitrogen and oxygen atoms in total. The molecule has 0 unspecified atom stereocenters. The van der Waals surface area contributed by atoms with Crippen LogP contribution in [0.1, 0.15) is 25.7 Å². The van der Waals surface area contributed by atoms with E-state index in [1.54, 1.807) is 12.2 Å². The van der Waals surface area contributed by atoms with Gasteiger partial charge in [0.15, 0.2) is 0 Å². The summed E-state index contributed by atoms with van der Waals surface area (Å²) in [6.07, 6.45) is 4.51. The molecule has 12 heteroatoms. The van der Waals surface area contributed by atoms with Crippen LogP contribution in [0.3, 0.4) is 0 Å². The zero-order valence-electron chi connectivity index (χ0n) is 18.0. The summed E-state index contributed by atoms with van der Waals surface area (Å²) in [6, 6.07) is 10.1. The highest BCUT2D eigenvalue weighted by molar-refractivity contribution is 7.89. The Kier molecular flexibility index (Phi) is 8.77. The minimum Gasteiger partial charge on any atom is -0.481 e. The predicted molar refractivity (Wildman–Crippen MR) is 130 cm³/mol. The highest BCUT2D eigenvalue weighted by Crippen LogP contribution is 2.29. The number of halogens is 2. The SMILES string of the molecule is O=C(O)CCC/C=C/[C@@H]1C[C@@H](NS(=O)(=O)c2ccc(Cl)cc2)CN1S(=O)(=O)c1ccc(Cl)cc1. The molecule has 1 aliphatic heterocycles. The maximum Gasteiger partial charge on any atom is 0.303 e. The van der Waals surface area contributed by atoms with Crippen molar-refractivity contribution in [1.82, 2.24) is 9.03 Å². The Bertz CT molecular complexity index is 1250. The fraction of sp³-hybridized carbons (Fsp3) is 0.318. The number of benzene rings is 2. The lowest BCUT2D eigenvalue weighted by Crippen LogP contribution is -2.39. The smallest absolute Gasteiger partial charge is 0.303 e. The van der Waals surface area contributed by atoms with Crippen molar-refractivity contribution in [1.29, 1.82) is 0 Å². The van der Waals surface area contributed by atoms with Crippen LogP contribution in [-0.2, 0) is 24.8 Å². The van der Waals surface area contributed by atoms with E-state index in [2.05, 4.69) is 4.72 Å². The molecular formula is C22H24Cl2N2O6S2. The lowest BCUT2D eigenvalue weighted by Gasteiger charge is -2.22. The first-order valence-corrected chi connectivity index (χ1v) is 14.1. The van der Waals surface area contributed by atoms with Crippen LogP contribution in [0.4, 0.5) is 0 Å². The van der Waals surface area contributed by atoms with Gasteiger partial charge in [0, 0.05) is 35.1 Å². The van der Waals surface area contributed by atoms with Gasteiger partial charge < -0.3 is 5.11 Å². The van der Waals surface area contributed by atoms with Gasteiger partial charge in [-0.2, -0.15) is 4.31 Å². The van der Waals surface area contributed by atoms with Crippen LogP contribution in [0.15, 0.2) is 70.5 Å². The molecule has 2 aromatic rings. The third-order valence-electron chi connectivity index (χ3n) is 5.28. The minimum atomic E-state index is -3.94. The molecule has 1 fully saturated rings. The molecule has 0 radical (unpaired) electrons. The van der Waals surface area contributed by atoms with E-state index in [9.17, 15) is 21.6 Å². The van der Waals surface area contributed by atoms with Gasteiger partial charge in [-0.3, -0.25) is 4.79 Å². The zero-order chi connectivity index (χ0) is 24.9. The summed E-state index contributed by atoms with van der Waals surface area (Å²) < 4.78 is 56.1. The fourth-order valence-corrected chi connectivity index (χ4v) is 6.77. The van der Waals surface area contributed by atoms with Gasteiger partial charge in [-0.1, -0.05) is 35.4 Å². The van der Waals surface area contributed by atoms with Crippen molar-refractivity contribution in [2.75, 3.05) is 6.54 Å². The van der Waals surface area contributed by atoms with Gasteiger partial charge >= 0.3 is 5.97 Å². The summed E-state index contributed by atoms with van der Waals surface area (Å²) in [4.78, 5) is 10.8. The van der Waals surface area contributed by atoms with Crippen molar-refractivity contribution in [3.63, 3.8) is 0 Å². The Hall–Kier alpha value is -1.95. The minimum absolute atomic E-state index is 0.00527. The second-order valence-corrected chi connectivity index (χ2v) is 12.3. The molecule has 184 valence electrons. The highest BCUT2D eigenvalue weighted by atomic mass is 35.5. The fourth-order valence-electron chi connectivity index (χ4n) is 3.64. The van der Waals surface area contributed by atoms with Crippen molar-refractivity contribution in [2.24, 2.45) is 0 Å². The standard InChI is InChI=1S/C22H24Cl2N2O6S2/c23-16-6-10-20(11-7-16)33(29,30)25-18-14-19(4-2-1-3-5-22(27)28)26(15-18)34(31,32)21-12-8-17(24)9-13-21/h2,4,6-13,18-19,25H,1,3,5,14-15H2,(H,27,28)/b4-2+/t18-,19-/m1/s1. The molecule has 0 amide bonds. The zero-order valence-corrected chi connectivity index (χ0v) is 21.1. The van der Waals surface area contributed by atoms with Crippen molar-refractivity contribution < 1.29 is 26.7 Å². The summed E-state index contributed by atoms with van der Waals surface area (Å²) >= 11 is 11.7. The Labute approximate surface area is 209 Å². The number of aliphatic carboxylic acids is 1. The third-order valence-corrected chi connectivity index (χ3v) is 9.23. The summed E-state index contributed by atoms with van der Waals surface area (Å²) in [6.45, 7) is -0.0675. The Morgan fingerprint density at radius 1 is 1.00 bits per heavy atom. The van der Waals surface area contributed by atoms with Crippen molar-refractivity contribution in [3.8, 4) is 0 Å². The Morgan fingerprint density at radius 3 is 2.12 bits per heavy atom. The van der Waals surface area contributed by atoms with Crippen LogP contribution >= 0.6 is 23.2 Å². The molecular weight excluding hydrogens is 523 g/mol. The summed E-state index contributed by atoms with van der Waals surface area (Å²) in [5.41, 5.74) is 0. The van der Waals surface area contributed by atoms with Gasteiger partial charge in [-0.25, -0.2) is 21.6 Å². The number of carbonyl (C=O) groups is 1. The molecule has 34 heavy (non-hydrogen) atoms. The lowest BCUT2D eigenvalue weighted by molar-refractivity contribution is -0.137. The molecule has 0 bridgehead atoms. The average Bonchev–Trinajstić information content (AvgIpc) is 3.16. The molecule has 1 aliphatic rings. The molecule has 0 saturated carbocycles. The first-order chi connectivity index (χ1) is 16.0. The number of nitrogens with one attached hydrogen (secondary N) is 1. The Morgan fingerprint density at radius 2 is 1.56 bits per heavy atom. The van der Waals surface area contributed by atoms with E-state index in [4.69, 9.17) is 28.3 Å². The number of nitrogens with zero attached hydrogens (tertiary/aromatic N) is 1. The lowest BCUT2D eigenvalue weighted by atomic mass is 10.1. The summed E-state index contributed by atoms with van der Waals surface area (Å²) in [5.74, 6) is -0.905. The van der Waals surface area contributed by atoms with Gasteiger partial charge in [0.05, 0.1) is 9.79 Å².